The number of urea groups is 1. The maximum Gasteiger partial charge on any atom is 0.322 e. The van der Waals surface area contributed by atoms with Gasteiger partial charge in [-0.15, -0.1) is 0 Å². The van der Waals surface area contributed by atoms with E-state index in [0.717, 1.165) is 0 Å². The van der Waals surface area contributed by atoms with Gasteiger partial charge in [0.2, 0.25) is 5.88 Å². The molecule has 0 unspecified atom stereocenters. The van der Waals surface area contributed by atoms with Crippen LogP contribution in [-0.2, 0) is 4.74 Å². The van der Waals surface area contributed by atoms with Crippen molar-refractivity contribution >= 4 is 11.7 Å². The van der Waals surface area contributed by atoms with E-state index >= 15 is 0 Å². The Labute approximate surface area is 106 Å². The number of pyridine rings is 1. The third-order valence-corrected chi connectivity index (χ3v) is 2.83. The number of ether oxygens (including phenoxy) is 2. The van der Waals surface area contributed by atoms with Gasteiger partial charge in [0.25, 0.3) is 0 Å². The number of carbonyl (C=O) groups excluding carboxylic acids is 1. The second-order valence-corrected chi connectivity index (χ2v) is 4.11. The molecule has 18 heavy (non-hydrogen) atoms. The number of methoxy groups -OCH3 is 1. The summed E-state index contributed by atoms with van der Waals surface area (Å²) < 4.78 is 10.4. The fraction of sp³-hybridized carbons (Fsp3) is 0.500. The summed E-state index contributed by atoms with van der Waals surface area (Å²) in [7, 11) is 1.52. The summed E-state index contributed by atoms with van der Waals surface area (Å²) in [5.41, 5.74) is 0.573. The first kappa shape index (κ1) is 12.6. The highest BCUT2D eigenvalue weighted by Gasteiger charge is 2.24. The Kier molecular flexibility index (Phi) is 3.99. The molecule has 0 radical (unpaired) electrons. The number of rotatable bonds is 2. The molecule has 1 aliphatic heterocycles. The molecule has 2 heterocycles. The molecule has 1 saturated heterocycles. The van der Waals surface area contributed by atoms with Gasteiger partial charge < -0.3 is 19.7 Å². The fourth-order valence-corrected chi connectivity index (χ4v) is 1.86. The van der Waals surface area contributed by atoms with Gasteiger partial charge in [-0.3, -0.25) is 0 Å². The van der Waals surface area contributed by atoms with Gasteiger partial charge in [0.1, 0.15) is 5.69 Å². The van der Waals surface area contributed by atoms with Gasteiger partial charge in [0, 0.05) is 12.7 Å². The third-order valence-electron chi connectivity index (χ3n) is 2.83. The molecule has 6 heteroatoms. The van der Waals surface area contributed by atoms with Gasteiger partial charge in [-0.1, -0.05) is 0 Å². The van der Waals surface area contributed by atoms with Crippen LogP contribution in [0.25, 0.3) is 0 Å². The summed E-state index contributed by atoms with van der Waals surface area (Å²) in [6, 6.07) is 3.42. The van der Waals surface area contributed by atoms with Gasteiger partial charge in [0.05, 0.1) is 26.4 Å². The van der Waals surface area contributed by atoms with E-state index in [1.54, 1.807) is 23.2 Å². The molecule has 1 atom stereocenters. The van der Waals surface area contributed by atoms with Crippen LogP contribution in [0.1, 0.15) is 6.92 Å². The van der Waals surface area contributed by atoms with Crippen LogP contribution in [0.3, 0.4) is 0 Å². The number of nitrogens with one attached hydrogen (secondary N) is 1. The monoisotopic (exact) mass is 251 g/mol. The Morgan fingerprint density at radius 1 is 1.67 bits per heavy atom. The molecular formula is C12H17N3O3. The van der Waals surface area contributed by atoms with E-state index in [0.29, 0.717) is 31.3 Å². The molecule has 0 saturated carbocycles. The first-order chi connectivity index (χ1) is 8.72. The van der Waals surface area contributed by atoms with Crippen molar-refractivity contribution in [2.24, 2.45) is 0 Å². The van der Waals surface area contributed by atoms with Crippen LogP contribution >= 0.6 is 0 Å². The Hall–Kier alpha value is -1.82. The van der Waals surface area contributed by atoms with Crippen molar-refractivity contribution in [3.63, 3.8) is 0 Å². The second-order valence-electron chi connectivity index (χ2n) is 4.11. The van der Waals surface area contributed by atoms with E-state index in [2.05, 4.69) is 10.3 Å². The highest BCUT2D eigenvalue weighted by molar-refractivity contribution is 5.90. The molecule has 98 valence electrons. The number of amides is 2. The van der Waals surface area contributed by atoms with Crippen molar-refractivity contribution in [3.8, 4) is 5.88 Å². The predicted molar refractivity (Wildman–Crippen MR) is 66.8 cm³/mol. The van der Waals surface area contributed by atoms with E-state index in [1.807, 2.05) is 6.92 Å². The van der Waals surface area contributed by atoms with E-state index in [9.17, 15) is 4.79 Å². The smallest absolute Gasteiger partial charge is 0.322 e. The number of aromatic nitrogens is 1. The lowest BCUT2D eigenvalue weighted by Gasteiger charge is -2.33. The number of hydrogen-bond donors (Lipinski definition) is 1. The Morgan fingerprint density at radius 3 is 3.22 bits per heavy atom. The van der Waals surface area contributed by atoms with Crippen molar-refractivity contribution in [2.45, 2.75) is 13.0 Å². The number of morpholine rings is 1. The van der Waals surface area contributed by atoms with Crippen molar-refractivity contribution in [1.29, 1.82) is 0 Å². The lowest BCUT2D eigenvalue weighted by atomic mass is 10.3. The number of carbonyl (C=O) groups is 1. The zero-order valence-corrected chi connectivity index (χ0v) is 10.5. The van der Waals surface area contributed by atoms with Crippen molar-refractivity contribution in [2.75, 3.05) is 32.2 Å². The minimum absolute atomic E-state index is 0.0708. The Balaban J connectivity index is 2.06. The molecule has 1 aromatic heterocycles. The summed E-state index contributed by atoms with van der Waals surface area (Å²) in [6.07, 6.45) is 1.62. The third kappa shape index (κ3) is 2.70. The quantitative estimate of drug-likeness (QED) is 0.861. The topological polar surface area (TPSA) is 63.7 Å². The highest BCUT2D eigenvalue weighted by Crippen LogP contribution is 2.20. The van der Waals surface area contributed by atoms with Crippen LogP contribution < -0.4 is 10.1 Å². The molecule has 2 amide bonds. The van der Waals surface area contributed by atoms with Crippen LogP contribution in [0.5, 0.6) is 5.88 Å². The minimum Gasteiger partial charge on any atom is -0.480 e. The van der Waals surface area contributed by atoms with Crippen molar-refractivity contribution < 1.29 is 14.3 Å². The normalized spacial score (nSPS) is 19.4. The Bertz CT molecular complexity index is 425. The predicted octanol–water partition coefficient (Wildman–Crippen LogP) is 1.34. The summed E-state index contributed by atoms with van der Waals surface area (Å²) in [6.45, 7) is 3.69. The average molecular weight is 251 g/mol. The van der Waals surface area contributed by atoms with Crippen LogP contribution in [0.2, 0.25) is 0 Å². The number of anilines is 1. The van der Waals surface area contributed by atoms with Gasteiger partial charge >= 0.3 is 6.03 Å². The molecule has 1 N–H and O–H groups in total. The van der Waals surface area contributed by atoms with Gasteiger partial charge in [-0.05, 0) is 19.1 Å². The maximum absolute atomic E-state index is 12.1. The van der Waals surface area contributed by atoms with Crippen LogP contribution in [0, 0.1) is 0 Å². The number of nitrogens with zero attached hydrogens (tertiary/aromatic N) is 2. The second kappa shape index (κ2) is 5.68. The molecule has 0 spiro atoms. The van der Waals surface area contributed by atoms with Gasteiger partial charge in [0.15, 0.2) is 0 Å². The maximum atomic E-state index is 12.1. The SMILES string of the molecule is COc1ncccc1NC(=O)N1CCOC[C@H]1C. The summed E-state index contributed by atoms with van der Waals surface area (Å²) in [4.78, 5) is 17.9. The largest absolute Gasteiger partial charge is 0.480 e. The molecule has 0 bridgehead atoms. The standard InChI is InChI=1S/C12H17N3O3/c1-9-8-18-7-6-15(9)12(16)14-10-4-3-5-13-11(10)17-2/h3-5,9H,6-8H2,1-2H3,(H,14,16)/t9-/m1/s1. The zero-order valence-electron chi connectivity index (χ0n) is 10.5. The molecule has 2 rings (SSSR count). The summed E-state index contributed by atoms with van der Waals surface area (Å²) in [5, 5.41) is 2.81. The highest BCUT2D eigenvalue weighted by atomic mass is 16.5. The van der Waals surface area contributed by atoms with E-state index < -0.39 is 0 Å². The zero-order chi connectivity index (χ0) is 13.0. The average Bonchev–Trinajstić information content (AvgIpc) is 2.39. The molecular weight excluding hydrogens is 234 g/mol. The lowest BCUT2D eigenvalue weighted by molar-refractivity contribution is 0.0221. The van der Waals surface area contributed by atoms with E-state index in [1.165, 1.54) is 7.11 Å². The van der Waals surface area contributed by atoms with E-state index in [4.69, 9.17) is 9.47 Å². The molecule has 1 aliphatic rings. The van der Waals surface area contributed by atoms with Crippen molar-refractivity contribution in [1.82, 2.24) is 9.88 Å². The fourth-order valence-electron chi connectivity index (χ4n) is 1.86. The van der Waals surface area contributed by atoms with Crippen LogP contribution in [0.4, 0.5) is 10.5 Å². The minimum atomic E-state index is -0.155. The van der Waals surface area contributed by atoms with E-state index in [-0.39, 0.29) is 12.1 Å². The number of hydrogen-bond acceptors (Lipinski definition) is 4. The lowest BCUT2D eigenvalue weighted by Crippen LogP contribution is -2.48. The summed E-state index contributed by atoms with van der Waals surface area (Å²) in [5.74, 6) is 0.409. The first-order valence-corrected chi connectivity index (χ1v) is 5.86. The van der Waals surface area contributed by atoms with Gasteiger partial charge in [-0.25, -0.2) is 9.78 Å². The first-order valence-electron chi connectivity index (χ1n) is 5.86. The molecule has 0 aromatic carbocycles. The Morgan fingerprint density at radius 2 is 2.50 bits per heavy atom. The molecule has 6 nitrogen and oxygen atoms in total. The molecule has 0 aliphatic carbocycles. The van der Waals surface area contributed by atoms with Crippen LogP contribution in [-0.4, -0.2) is 48.8 Å². The molecule has 1 aromatic rings. The molecule has 1 fully saturated rings. The summed E-state index contributed by atoms with van der Waals surface area (Å²) >= 11 is 0. The van der Waals surface area contributed by atoms with Crippen molar-refractivity contribution in [3.05, 3.63) is 18.3 Å². The van der Waals surface area contributed by atoms with Crippen LogP contribution in [0.15, 0.2) is 18.3 Å². The van der Waals surface area contributed by atoms with Gasteiger partial charge in [-0.2, -0.15) is 0 Å².